The van der Waals surface area contributed by atoms with Crippen LogP contribution in [0.3, 0.4) is 0 Å². The first-order valence-electron chi connectivity index (χ1n) is 7.88. The molecule has 1 aromatic heterocycles. The van der Waals surface area contributed by atoms with Gasteiger partial charge < -0.3 is 14.5 Å². The second kappa shape index (κ2) is 8.31. The van der Waals surface area contributed by atoms with E-state index in [2.05, 4.69) is 22.0 Å². The van der Waals surface area contributed by atoms with Crippen molar-refractivity contribution in [2.75, 3.05) is 46.4 Å². The molecule has 1 saturated heterocycles. The molecule has 124 valence electrons. The molecular formula is C16H27N3O3. The summed E-state index contributed by atoms with van der Waals surface area (Å²) >= 11 is 0. The zero-order chi connectivity index (χ0) is 15.9. The lowest BCUT2D eigenvalue weighted by molar-refractivity contribution is -0.123. The Morgan fingerprint density at radius 2 is 2.36 bits per heavy atom. The highest BCUT2D eigenvalue weighted by Gasteiger charge is 2.25. The van der Waals surface area contributed by atoms with E-state index in [1.54, 1.807) is 13.4 Å². The van der Waals surface area contributed by atoms with E-state index < -0.39 is 0 Å². The van der Waals surface area contributed by atoms with Crippen LogP contribution in [-0.2, 0) is 9.53 Å². The first-order valence-corrected chi connectivity index (χ1v) is 7.88. The van der Waals surface area contributed by atoms with E-state index >= 15 is 0 Å². The minimum Gasteiger partial charge on any atom is -0.467 e. The Bertz CT molecular complexity index is 449. The second-order valence-electron chi connectivity index (χ2n) is 5.92. The van der Waals surface area contributed by atoms with E-state index in [4.69, 9.17) is 9.15 Å². The van der Waals surface area contributed by atoms with Gasteiger partial charge in [-0.05, 0) is 26.0 Å². The molecule has 1 amide bonds. The van der Waals surface area contributed by atoms with E-state index in [9.17, 15) is 4.79 Å². The molecule has 1 N–H and O–H groups in total. The molecule has 0 spiro atoms. The molecule has 0 saturated carbocycles. The number of amides is 1. The molecule has 0 aliphatic carbocycles. The molecule has 1 fully saturated rings. The Morgan fingerprint density at radius 1 is 1.55 bits per heavy atom. The molecular weight excluding hydrogens is 282 g/mol. The molecule has 0 radical (unpaired) electrons. The third kappa shape index (κ3) is 4.83. The Hall–Kier alpha value is -1.37. The SMILES string of the molecule is COCCN1CCN(CC(=O)N[C@@H](C)c2ccco2)C[C@@H]1C. The molecule has 2 atom stereocenters. The Labute approximate surface area is 132 Å². The van der Waals surface area contributed by atoms with Crippen molar-refractivity contribution in [3.05, 3.63) is 24.2 Å². The largest absolute Gasteiger partial charge is 0.467 e. The van der Waals surface area contributed by atoms with Crippen LogP contribution in [0.5, 0.6) is 0 Å². The van der Waals surface area contributed by atoms with Gasteiger partial charge >= 0.3 is 0 Å². The lowest BCUT2D eigenvalue weighted by atomic mass is 10.2. The summed E-state index contributed by atoms with van der Waals surface area (Å²) in [5.41, 5.74) is 0. The summed E-state index contributed by atoms with van der Waals surface area (Å²) in [4.78, 5) is 16.8. The smallest absolute Gasteiger partial charge is 0.234 e. The maximum absolute atomic E-state index is 12.1. The Kier molecular flexibility index (Phi) is 6.42. The van der Waals surface area contributed by atoms with Gasteiger partial charge in [-0.2, -0.15) is 0 Å². The molecule has 1 aliphatic rings. The maximum Gasteiger partial charge on any atom is 0.234 e. The quantitative estimate of drug-likeness (QED) is 0.818. The third-order valence-electron chi connectivity index (χ3n) is 4.15. The minimum atomic E-state index is -0.0945. The monoisotopic (exact) mass is 309 g/mol. The number of furan rings is 1. The van der Waals surface area contributed by atoms with E-state index in [0.29, 0.717) is 12.6 Å². The van der Waals surface area contributed by atoms with Crippen LogP contribution in [0.25, 0.3) is 0 Å². The van der Waals surface area contributed by atoms with Gasteiger partial charge in [0.2, 0.25) is 5.91 Å². The normalized spacial score (nSPS) is 21.7. The Morgan fingerprint density at radius 3 is 3.00 bits per heavy atom. The average molecular weight is 309 g/mol. The van der Waals surface area contributed by atoms with Crippen LogP contribution in [-0.4, -0.2) is 68.2 Å². The molecule has 0 unspecified atom stereocenters. The van der Waals surface area contributed by atoms with Gasteiger partial charge in [0.25, 0.3) is 0 Å². The number of hydrogen-bond acceptors (Lipinski definition) is 5. The third-order valence-corrected chi connectivity index (χ3v) is 4.15. The van der Waals surface area contributed by atoms with Crippen molar-refractivity contribution in [2.24, 2.45) is 0 Å². The van der Waals surface area contributed by atoms with Crippen LogP contribution in [0.2, 0.25) is 0 Å². The molecule has 0 bridgehead atoms. The number of piperazine rings is 1. The van der Waals surface area contributed by atoms with Gasteiger partial charge in [0.1, 0.15) is 5.76 Å². The van der Waals surface area contributed by atoms with Crippen molar-refractivity contribution in [1.82, 2.24) is 15.1 Å². The van der Waals surface area contributed by atoms with E-state index in [-0.39, 0.29) is 11.9 Å². The minimum absolute atomic E-state index is 0.0430. The number of ether oxygens (including phenoxy) is 1. The highest BCUT2D eigenvalue weighted by atomic mass is 16.5. The molecule has 22 heavy (non-hydrogen) atoms. The molecule has 6 heteroatoms. The van der Waals surface area contributed by atoms with E-state index in [0.717, 1.165) is 38.5 Å². The van der Waals surface area contributed by atoms with Gasteiger partial charge in [-0.3, -0.25) is 14.6 Å². The number of methoxy groups -OCH3 is 1. The zero-order valence-electron chi connectivity index (χ0n) is 13.7. The van der Waals surface area contributed by atoms with Crippen LogP contribution < -0.4 is 5.32 Å². The van der Waals surface area contributed by atoms with Crippen LogP contribution >= 0.6 is 0 Å². The van der Waals surface area contributed by atoms with Gasteiger partial charge in [0.05, 0.1) is 25.5 Å². The van der Waals surface area contributed by atoms with Crippen LogP contribution in [0.1, 0.15) is 25.6 Å². The molecule has 0 aromatic carbocycles. The van der Waals surface area contributed by atoms with Gasteiger partial charge in [0.15, 0.2) is 0 Å². The highest BCUT2D eigenvalue weighted by molar-refractivity contribution is 5.78. The van der Waals surface area contributed by atoms with Gasteiger partial charge in [0, 0.05) is 39.3 Å². The van der Waals surface area contributed by atoms with Crippen LogP contribution in [0, 0.1) is 0 Å². The lowest BCUT2D eigenvalue weighted by Gasteiger charge is -2.39. The number of carbonyl (C=O) groups is 1. The number of hydrogen-bond donors (Lipinski definition) is 1. The standard InChI is InChI=1S/C16H27N3O3/c1-13-11-18(6-7-19(13)8-10-21-3)12-16(20)17-14(2)15-5-4-9-22-15/h4-5,9,13-14H,6-8,10-12H2,1-3H3,(H,17,20)/t13-,14-/m0/s1. The van der Waals surface area contributed by atoms with Crippen molar-refractivity contribution < 1.29 is 13.9 Å². The highest BCUT2D eigenvalue weighted by Crippen LogP contribution is 2.13. The summed E-state index contributed by atoms with van der Waals surface area (Å²) in [6.45, 7) is 9.08. The Balaban J connectivity index is 1.74. The van der Waals surface area contributed by atoms with Crippen molar-refractivity contribution >= 4 is 5.91 Å². The predicted molar refractivity (Wildman–Crippen MR) is 84.6 cm³/mol. The fourth-order valence-corrected chi connectivity index (χ4v) is 2.85. The summed E-state index contributed by atoms with van der Waals surface area (Å²) in [6.07, 6.45) is 1.62. The summed E-state index contributed by atoms with van der Waals surface area (Å²) in [6, 6.07) is 4.06. The predicted octanol–water partition coefficient (Wildman–Crippen LogP) is 1.11. The van der Waals surface area contributed by atoms with Crippen molar-refractivity contribution in [2.45, 2.75) is 25.9 Å². The average Bonchev–Trinajstić information content (AvgIpc) is 3.00. The lowest BCUT2D eigenvalue weighted by Crippen LogP contribution is -2.54. The van der Waals surface area contributed by atoms with Gasteiger partial charge in [-0.15, -0.1) is 0 Å². The fourth-order valence-electron chi connectivity index (χ4n) is 2.85. The molecule has 1 aliphatic heterocycles. The number of rotatable bonds is 7. The first-order chi connectivity index (χ1) is 10.6. The summed E-state index contributed by atoms with van der Waals surface area (Å²) < 4.78 is 10.4. The van der Waals surface area contributed by atoms with E-state index in [1.807, 2.05) is 19.1 Å². The van der Waals surface area contributed by atoms with Gasteiger partial charge in [-0.25, -0.2) is 0 Å². The summed E-state index contributed by atoms with van der Waals surface area (Å²) in [5.74, 6) is 0.826. The topological polar surface area (TPSA) is 58.0 Å². The molecule has 1 aromatic rings. The molecule has 2 heterocycles. The van der Waals surface area contributed by atoms with Crippen molar-refractivity contribution in [3.63, 3.8) is 0 Å². The van der Waals surface area contributed by atoms with Crippen LogP contribution in [0.4, 0.5) is 0 Å². The summed E-state index contributed by atoms with van der Waals surface area (Å²) in [5, 5.41) is 2.98. The number of nitrogens with zero attached hydrogens (tertiary/aromatic N) is 2. The maximum atomic E-state index is 12.1. The van der Waals surface area contributed by atoms with Crippen molar-refractivity contribution in [3.8, 4) is 0 Å². The molecule has 6 nitrogen and oxygen atoms in total. The van der Waals surface area contributed by atoms with E-state index in [1.165, 1.54) is 0 Å². The number of nitrogens with one attached hydrogen (secondary N) is 1. The van der Waals surface area contributed by atoms with Gasteiger partial charge in [-0.1, -0.05) is 0 Å². The van der Waals surface area contributed by atoms with Crippen molar-refractivity contribution in [1.29, 1.82) is 0 Å². The first kappa shape index (κ1) is 17.0. The second-order valence-corrected chi connectivity index (χ2v) is 5.92. The number of carbonyl (C=O) groups excluding carboxylic acids is 1. The summed E-state index contributed by atoms with van der Waals surface area (Å²) in [7, 11) is 1.73. The van der Waals surface area contributed by atoms with Crippen LogP contribution in [0.15, 0.2) is 22.8 Å². The molecule has 2 rings (SSSR count). The fraction of sp³-hybridized carbons (Fsp3) is 0.688. The zero-order valence-corrected chi connectivity index (χ0v) is 13.7.